The van der Waals surface area contributed by atoms with E-state index in [0.717, 1.165) is 13.0 Å². The predicted molar refractivity (Wildman–Crippen MR) is 67.5 cm³/mol. The fourth-order valence-electron chi connectivity index (χ4n) is 2.21. The number of nitrogens with one attached hydrogen (secondary N) is 1. The molecule has 0 saturated carbocycles. The van der Waals surface area contributed by atoms with Crippen molar-refractivity contribution in [3.63, 3.8) is 0 Å². The van der Waals surface area contributed by atoms with Crippen molar-refractivity contribution in [1.29, 1.82) is 0 Å². The third-order valence-corrected chi connectivity index (χ3v) is 3.02. The Morgan fingerprint density at radius 1 is 1.29 bits per heavy atom. The highest BCUT2D eigenvalue weighted by Crippen LogP contribution is 2.13. The van der Waals surface area contributed by atoms with E-state index in [-0.39, 0.29) is 17.5 Å². The van der Waals surface area contributed by atoms with Crippen LogP contribution in [0.25, 0.3) is 0 Å². The molecule has 0 aromatic heterocycles. The number of hydrogen-bond acceptors (Lipinski definition) is 1. The lowest BCUT2D eigenvalue weighted by Crippen LogP contribution is -2.93. The van der Waals surface area contributed by atoms with E-state index in [1.54, 1.807) is 0 Å². The van der Waals surface area contributed by atoms with Gasteiger partial charge in [-0.05, 0) is 26.3 Å². The van der Waals surface area contributed by atoms with Gasteiger partial charge < -0.3 is 10.6 Å². The fraction of sp³-hybridized carbons (Fsp3) is 0.500. The summed E-state index contributed by atoms with van der Waals surface area (Å²) in [5, 5.41) is 5.18. The zero-order valence-corrected chi connectivity index (χ0v) is 10.8. The summed E-state index contributed by atoms with van der Waals surface area (Å²) in [4.78, 5) is 12.1. The molecule has 92 valence electrons. The number of carbonyl (C=O) groups excluding carboxylic acids is 1. The Morgan fingerprint density at radius 2 is 1.94 bits per heavy atom. The molecule has 0 spiro atoms. The number of amides is 1. The maximum atomic E-state index is 12.1. The van der Waals surface area contributed by atoms with Crippen molar-refractivity contribution in [2.45, 2.75) is 45.3 Å². The average molecular weight is 233 g/mol. The Labute approximate surface area is 103 Å². The molecule has 0 unspecified atom stereocenters. The Balaban J connectivity index is 2.05. The quantitative estimate of drug-likeness (QED) is 0.732. The normalized spacial score (nSPS) is 19.6. The van der Waals surface area contributed by atoms with Gasteiger partial charge in [-0.2, -0.15) is 0 Å². The first-order valence-corrected chi connectivity index (χ1v) is 6.18. The van der Waals surface area contributed by atoms with E-state index < -0.39 is 0 Å². The molecule has 1 aliphatic heterocycles. The minimum atomic E-state index is -0.151. The summed E-state index contributed by atoms with van der Waals surface area (Å²) < 4.78 is 0. The number of fused-ring (bicyclic) bond motifs is 1. The number of carbonyl (C=O) groups is 1. The highest BCUT2D eigenvalue weighted by atomic mass is 16.2. The second-order valence-electron chi connectivity index (χ2n) is 5.76. The van der Waals surface area contributed by atoms with E-state index in [1.165, 1.54) is 11.1 Å². The van der Waals surface area contributed by atoms with Gasteiger partial charge in [-0.15, -0.1) is 0 Å². The van der Waals surface area contributed by atoms with Crippen LogP contribution in [0.4, 0.5) is 0 Å². The molecule has 0 radical (unpaired) electrons. The molecule has 1 aliphatic rings. The third-order valence-electron chi connectivity index (χ3n) is 3.02. The van der Waals surface area contributed by atoms with Gasteiger partial charge in [0, 0.05) is 17.5 Å². The van der Waals surface area contributed by atoms with E-state index >= 15 is 0 Å². The van der Waals surface area contributed by atoms with Gasteiger partial charge in [0.05, 0.1) is 0 Å². The van der Waals surface area contributed by atoms with Crippen molar-refractivity contribution >= 4 is 5.91 Å². The van der Waals surface area contributed by atoms with Crippen LogP contribution in [0.3, 0.4) is 0 Å². The molecular weight excluding hydrogens is 212 g/mol. The molecule has 0 aliphatic carbocycles. The van der Waals surface area contributed by atoms with Gasteiger partial charge in [-0.25, -0.2) is 0 Å². The second kappa shape index (κ2) is 4.49. The van der Waals surface area contributed by atoms with Crippen molar-refractivity contribution < 1.29 is 10.1 Å². The molecule has 0 saturated heterocycles. The Kier molecular flexibility index (Phi) is 3.20. The minimum Gasteiger partial charge on any atom is -0.346 e. The monoisotopic (exact) mass is 233 g/mol. The molecule has 1 atom stereocenters. The van der Waals surface area contributed by atoms with Crippen LogP contribution < -0.4 is 10.6 Å². The van der Waals surface area contributed by atoms with Gasteiger partial charge in [-0.1, -0.05) is 24.3 Å². The molecule has 3 N–H and O–H groups in total. The van der Waals surface area contributed by atoms with Gasteiger partial charge in [0.15, 0.2) is 6.04 Å². The lowest BCUT2D eigenvalue weighted by molar-refractivity contribution is -0.695. The predicted octanol–water partition coefficient (Wildman–Crippen LogP) is 0.589. The van der Waals surface area contributed by atoms with Crippen molar-refractivity contribution in [2.24, 2.45) is 0 Å². The summed E-state index contributed by atoms with van der Waals surface area (Å²) >= 11 is 0. The second-order valence-corrected chi connectivity index (χ2v) is 5.76. The van der Waals surface area contributed by atoms with Crippen molar-refractivity contribution in [3.8, 4) is 0 Å². The van der Waals surface area contributed by atoms with E-state index in [1.807, 2.05) is 26.8 Å². The molecule has 1 amide bonds. The number of benzene rings is 1. The first-order valence-electron chi connectivity index (χ1n) is 6.18. The Hall–Kier alpha value is -1.35. The summed E-state index contributed by atoms with van der Waals surface area (Å²) in [5.41, 5.74) is 2.51. The van der Waals surface area contributed by atoms with Gasteiger partial charge in [0.1, 0.15) is 6.54 Å². The fourth-order valence-corrected chi connectivity index (χ4v) is 2.21. The van der Waals surface area contributed by atoms with Gasteiger partial charge >= 0.3 is 0 Å². The number of rotatable bonds is 1. The molecular formula is C14H21N2O+. The zero-order chi connectivity index (χ0) is 12.5. The Morgan fingerprint density at radius 3 is 2.59 bits per heavy atom. The summed E-state index contributed by atoms with van der Waals surface area (Å²) in [6.45, 7) is 6.95. The van der Waals surface area contributed by atoms with E-state index in [4.69, 9.17) is 0 Å². The summed E-state index contributed by atoms with van der Waals surface area (Å²) in [6.07, 6.45) is 0.831. The molecule has 3 nitrogen and oxygen atoms in total. The topological polar surface area (TPSA) is 45.7 Å². The molecule has 3 heteroatoms. The molecule has 17 heavy (non-hydrogen) atoms. The summed E-state index contributed by atoms with van der Waals surface area (Å²) in [6, 6.07) is 8.39. The van der Waals surface area contributed by atoms with Crippen molar-refractivity contribution in [2.75, 3.05) is 0 Å². The van der Waals surface area contributed by atoms with Crippen LogP contribution in [0.5, 0.6) is 0 Å². The highest BCUT2D eigenvalue weighted by molar-refractivity contribution is 5.81. The van der Waals surface area contributed by atoms with Crippen LogP contribution in [0.15, 0.2) is 24.3 Å². The highest BCUT2D eigenvalue weighted by Gasteiger charge is 2.29. The van der Waals surface area contributed by atoms with Crippen molar-refractivity contribution in [1.82, 2.24) is 5.32 Å². The first-order chi connectivity index (χ1) is 7.96. The van der Waals surface area contributed by atoms with Crippen molar-refractivity contribution in [3.05, 3.63) is 35.4 Å². The standard InChI is InChI=1S/C14H20N2O/c1-14(2,3)16-13(17)12-8-10-6-4-5-7-11(10)9-15-12/h4-7,12,15H,8-9H2,1-3H3,(H,16,17)/p+1/t12-/m0/s1. The average Bonchev–Trinajstić information content (AvgIpc) is 2.26. The number of nitrogens with two attached hydrogens (primary N) is 1. The van der Waals surface area contributed by atoms with Crippen LogP contribution in [0.1, 0.15) is 31.9 Å². The molecule has 0 fully saturated rings. The van der Waals surface area contributed by atoms with Crippen LogP contribution in [0, 0.1) is 0 Å². The van der Waals surface area contributed by atoms with Gasteiger partial charge in [0.25, 0.3) is 5.91 Å². The maximum absolute atomic E-state index is 12.1. The SMILES string of the molecule is CC(C)(C)NC(=O)[C@@H]1Cc2ccccc2C[NH2+]1. The van der Waals surface area contributed by atoms with Crippen LogP contribution in [-0.2, 0) is 17.8 Å². The van der Waals surface area contributed by atoms with Gasteiger partial charge in [0.2, 0.25) is 0 Å². The van der Waals surface area contributed by atoms with Gasteiger partial charge in [-0.3, -0.25) is 4.79 Å². The molecule has 0 bridgehead atoms. The van der Waals surface area contributed by atoms with E-state index in [9.17, 15) is 4.79 Å². The lowest BCUT2D eigenvalue weighted by atomic mass is 9.95. The van der Waals surface area contributed by atoms with Crippen LogP contribution >= 0.6 is 0 Å². The lowest BCUT2D eigenvalue weighted by Gasteiger charge is -2.26. The molecule has 1 heterocycles. The summed E-state index contributed by atoms with van der Waals surface area (Å²) in [5.74, 6) is 0.145. The largest absolute Gasteiger partial charge is 0.346 e. The zero-order valence-electron chi connectivity index (χ0n) is 10.8. The number of hydrogen-bond donors (Lipinski definition) is 2. The van der Waals surface area contributed by atoms with E-state index in [0.29, 0.717) is 0 Å². The molecule has 1 aromatic carbocycles. The van der Waals surface area contributed by atoms with Crippen LogP contribution in [0.2, 0.25) is 0 Å². The third kappa shape index (κ3) is 3.07. The maximum Gasteiger partial charge on any atom is 0.278 e. The first kappa shape index (κ1) is 12.1. The van der Waals surface area contributed by atoms with Crippen LogP contribution in [-0.4, -0.2) is 17.5 Å². The Bertz CT molecular complexity index is 420. The molecule has 2 rings (SSSR count). The van der Waals surface area contributed by atoms with E-state index in [2.05, 4.69) is 28.8 Å². The minimum absolute atomic E-state index is 0.0177. The summed E-state index contributed by atoms with van der Waals surface area (Å²) in [7, 11) is 0. The smallest absolute Gasteiger partial charge is 0.278 e. The number of quaternary nitrogens is 1. The molecule has 1 aromatic rings.